The lowest BCUT2D eigenvalue weighted by atomic mass is 9.79. The Morgan fingerprint density at radius 2 is 2.17 bits per heavy atom. The Bertz CT molecular complexity index is 508. The van der Waals surface area contributed by atoms with Gasteiger partial charge in [0.2, 0.25) is 0 Å². The van der Waals surface area contributed by atoms with E-state index in [2.05, 4.69) is 20.9 Å². The highest BCUT2D eigenvalue weighted by Gasteiger charge is 2.32. The second-order valence-electron chi connectivity index (χ2n) is 6.56. The number of nitrogens with one attached hydrogen (secondary N) is 3. The Labute approximate surface area is 138 Å². The SMILES string of the molecule is COCC1(CNC(=O)c2cccnc2NC(C)C)CCNCC1. The Morgan fingerprint density at radius 1 is 1.43 bits per heavy atom. The first-order chi connectivity index (χ1) is 11.1. The van der Waals surface area contributed by atoms with E-state index >= 15 is 0 Å². The minimum atomic E-state index is -0.0877. The number of pyridine rings is 1. The molecule has 1 aromatic rings. The van der Waals surface area contributed by atoms with E-state index in [1.165, 1.54) is 0 Å². The van der Waals surface area contributed by atoms with Crippen molar-refractivity contribution in [2.75, 3.05) is 38.7 Å². The summed E-state index contributed by atoms with van der Waals surface area (Å²) in [6.07, 6.45) is 3.71. The molecule has 2 rings (SSSR count). The number of carbonyl (C=O) groups excluding carboxylic acids is 1. The normalized spacial score (nSPS) is 17.0. The zero-order chi connectivity index (χ0) is 16.7. The van der Waals surface area contributed by atoms with Gasteiger partial charge >= 0.3 is 0 Å². The van der Waals surface area contributed by atoms with Crippen molar-refractivity contribution in [3.63, 3.8) is 0 Å². The lowest BCUT2D eigenvalue weighted by Gasteiger charge is -2.37. The molecule has 2 heterocycles. The molecule has 0 atom stereocenters. The van der Waals surface area contributed by atoms with Gasteiger partial charge in [0.1, 0.15) is 5.82 Å². The lowest BCUT2D eigenvalue weighted by molar-refractivity contribution is 0.0512. The summed E-state index contributed by atoms with van der Waals surface area (Å²) in [5.74, 6) is 0.543. The first-order valence-corrected chi connectivity index (χ1v) is 8.26. The van der Waals surface area contributed by atoms with Crippen LogP contribution in [0.25, 0.3) is 0 Å². The molecule has 0 saturated carbocycles. The van der Waals surface area contributed by atoms with E-state index in [4.69, 9.17) is 4.74 Å². The minimum absolute atomic E-state index is 0.0174. The summed E-state index contributed by atoms with van der Waals surface area (Å²) >= 11 is 0. The third kappa shape index (κ3) is 4.91. The van der Waals surface area contributed by atoms with E-state index in [9.17, 15) is 4.79 Å². The standard InChI is InChI=1S/C17H28N4O2/c1-13(2)21-15-14(5-4-8-19-15)16(22)20-11-17(12-23-3)6-9-18-10-7-17/h4-5,8,13,18H,6-7,9-12H2,1-3H3,(H,19,21)(H,20,22). The number of ether oxygens (including phenoxy) is 1. The summed E-state index contributed by atoms with van der Waals surface area (Å²) in [5.41, 5.74) is 0.603. The summed E-state index contributed by atoms with van der Waals surface area (Å²) in [7, 11) is 1.72. The third-order valence-electron chi connectivity index (χ3n) is 4.22. The number of carbonyl (C=O) groups is 1. The fourth-order valence-electron chi connectivity index (χ4n) is 2.98. The smallest absolute Gasteiger partial charge is 0.255 e. The number of piperidine rings is 1. The molecule has 0 bridgehead atoms. The van der Waals surface area contributed by atoms with E-state index in [-0.39, 0.29) is 17.4 Å². The van der Waals surface area contributed by atoms with Crippen molar-refractivity contribution >= 4 is 11.7 Å². The first-order valence-electron chi connectivity index (χ1n) is 8.26. The summed E-state index contributed by atoms with van der Waals surface area (Å²) in [5, 5.41) is 9.66. The Hall–Kier alpha value is -1.66. The van der Waals surface area contributed by atoms with Gasteiger partial charge in [-0.1, -0.05) is 0 Å². The third-order valence-corrected chi connectivity index (χ3v) is 4.22. The van der Waals surface area contributed by atoms with Gasteiger partial charge in [0.15, 0.2) is 0 Å². The molecule has 1 saturated heterocycles. The molecule has 3 N–H and O–H groups in total. The summed E-state index contributed by atoms with van der Waals surface area (Å²) in [6.45, 7) is 7.27. The van der Waals surface area contributed by atoms with E-state index in [0.29, 0.717) is 24.5 Å². The maximum absolute atomic E-state index is 12.6. The molecular weight excluding hydrogens is 292 g/mol. The fraction of sp³-hybridized carbons (Fsp3) is 0.647. The maximum Gasteiger partial charge on any atom is 0.255 e. The number of anilines is 1. The number of rotatable bonds is 7. The highest BCUT2D eigenvalue weighted by atomic mass is 16.5. The van der Waals surface area contributed by atoms with Crippen LogP contribution in [0.4, 0.5) is 5.82 Å². The molecule has 1 amide bonds. The molecule has 1 aromatic heterocycles. The van der Waals surface area contributed by atoms with Crippen molar-refractivity contribution in [1.29, 1.82) is 0 Å². The van der Waals surface area contributed by atoms with Gasteiger partial charge in [-0.3, -0.25) is 4.79 Å². The van der Waals surface area contributed by atoms with Crippen LogP contribution in [-0.2, 0) is 4.74 Å². The summed E-state index contributed by atoms with van der Waals surface area (Å²) in [4.78, 5) is 16.9. The molecule has 0 aliphatic carbocycles. The zero-order valence-electron chi connectivity index (χ0n) is 14.3. The monoisotopic (exact) mass is 320 g/mol. The van der Waals surface area contributed by atoms with Gasteiger partial charge in [0, 0.05) is 31.3 Å². The molecular formula is C17H28N4O2. The van der Waals surface area contributed by atoms with Crippen LogP contribution < -0.4 is 16.0 Å². The summed E-state index contributed by atoms with van der Waals surface area (Å²) < 4.78 is 5.40. The van der Waals surface area contributed by atoms with Crippen molar-refractivity contribution in [2.45, 2.75) is 32.7 Å². The van der Waals surface area contributed by atoms with Gasteiger partial charge in [0.05, 0.1) is 12.2 Å². The molecule has 23 heavy (non-hydrogen) atoms. The average molecular weight is 320 g/mol. The van der Waals surface area contributed by atoms with Crippen LogP contribution in [0, 0.1) is 5.41 Å². The average Bonchev–Trinajstić information content (AvgIpc) is 2.54. The highest BCUT2D eigenvalue weighted by Crippen LogP contribution is 2.28. The van der Waals surface area contributed by atoms with Crippen LogP contribution in [-0.4, -0.2) is 50.3 Å². The van der Waals surface area contributed by atoms with Crippen molar-refractivity contribution in [3.05, 3.63) is 23.9 Å². The Balaban J connectivity index is 2.03. The fourth-order valence-corrected chi connectivity index (χ4v) is 2.98. The van der Waals surface area contributed by atoms with Crippen LogP contribution in [0.3, 0.4) is 0 Å². The molecule has 6 heteroatoms. The van der Waals surface area contributed by atoms with Crippen LogP contribution >= 0.6 is 0 Å². The maximum atomic E-state index is 12.6. The molecule has 0 unspecified atom stereocenters. The van der Waals surface area contributed by atoms with E-state index in [1.807, 2.05) is 13.8 Å². The van der Waals surface area contributed by atoms with Crippen LogP contribution in [0.5, 0.6) is 0 Å². The molecule has 1 aliphatic heterocycles. The topological polar surface area (TPSA) is 75.3 Å². The zero-order valence-corrected chi connectivity index (χ0v) is 14.3. The number of amides is 1. The van der Waals surface area contributed by atoms with Crippen LogP contribution in [0.2, 0.25) is 0 Å². The van der Waals surface area contributed by atoms with Gasteiger partial charge in [-0.05, 0) is 51.9 Å². The van der Waals surface area contributed by atoms with Gasteiger partial charge in [-0.2, -0.15) is 0 Å². The van der Waals surface area contributed by atoms with Crippen LogP contribution in [0.15, 0.2) is 18.3 Å². The van der Waals surface area contributed by atoms with Gasteiger partial charge in [-0.15, -0.1) is 0 Å². The first kappa shape index (κ1) is 17.7. The molecule has 128 valence electrons. The molecule has 6 nitrogen and oxygen atoms in total. The second kappa shape index (κ2) is 8.26. The van der Waals surface area contributed by atoms with Crippen LogP contribution in [0.1, 0.15) is 37.0 Å². The quantitative estimate of drug-likeness (QED) is 0.712. The predicted molar refractivity (Wildman–Crippen MR) is 91.7 cm³/mol. The summed E-state index contributed by atoms with van der Waals surface area (Å²) in [6, 6.07) is 3.81. The largest absolute Gasteiger partial charge is 0.384 e. The number of hydrogen-bond acceptors (Lipinski definition) is 5. The Kier molecular flexibility index (Phi) is 6.36. The van der Waals surface area contributed by atoms with Crippen molar-refractivity contribution in [3.8, 4) is 0 Å². The molecule has 1 fully saturated rings. The van der Waals surface area contributed by atoms with Gasteiger partial charge < -0.3 is 20.7 Å². The molecule has 0 aromatic carbocycles. The van der Waals surface area contributed by atoms with E-state index in [1.54, 1.807) is 25.4 Å². The number of methoxy groups -OCH3 is 1. The van der Waals surface area contributed by atoms with E-state index in [0.717, 1.165) is 25.9 Å². The van der Waals surface area contributed by atoms with Gasteiger partial charge in [0.25, 0.3) is 5.91 Å². The van der Waals surface area contributed by atoms with Crippen molar-refractivity contribution in [1.82, 2.24) is 15.6 Å². The number of nitrogens with zero attached hydrogens (tertiary/aromatic N) is 1. The number of aromatic nitrogens is 1. The Morgan fingerprint density at radius 3 is 2.83 bits per heavy atom. The molecule has 1 aliphatic rings. The second-order valence-corrected chi connectivity index (χ2v) is 6.56. The molecule has 0 radical (unpaired) electrons. The molecule has 0 spiro atoms. The van der Waals surface area contributed by atoms with E-state index < -0.39 is 0 Å². The van der Waals surface area contributed by atoms with Crippen molar-refractivity contribution < 1.29 is 9.53 Å². The van der Waals surface area contributed by atoms with Crippen molar-refractivity contribution in [2.24, 2.45) is 5.41 Å². The van der Waals surface area contributed by atoms with Gasteiger partial charge in [-0.25, -0.2) is 4.98 Å². The lowest BCUT2D eigenvalue weighted by Crippen LogP contribution is -2.47. The minimum Gasteiger partial charge on any atom is -0.384 e. The predicted octanol–water partition coefficient (Wildman–Crippen LogP) is 1.65. The highest BCUT2D eigenvalue weighted by molar-refractivity contribution is 5.98. The number of hydrogen-bond donors (Lipinski definition) is 3.